The Morgan fingerprint density at radius 3 is 2.84 bits per heavy atom. The van der Waals surface area contributed by atoms with Crippen molar-refractivity contribution in [2.24, 2.45) is 10.9 Å². The number of rotatable bonds is 4. The van der Waals surface area contributed by atoms with E-state index in [2.05, 4.69) is 15.5 Å². The molecule has 19 heavy (non-hydrogen) atoms. The molecule has 0 aliphatic rings. The summed E-state index contributed by atoms with van der Waals surface area (Å²) >= 11 is 3.39. The van der Waals surface area contributed by atoms with E-state index < -0.39 is 0 Å². The molecular formula is C13H15N3OS2. The third-order valence-electron chi connectivity index (χ3n) is 2.70. The smallest absolute Gasteiger partial charge is 0.170 e. The van der Waals surface area contributed by atoms with Crippen LogP contribution in [0.4, 0.5) is 0 Å². The maximum atomic E-state index is 8.65. The SMILES string of the molecule is Cc1csc(SCc2ccc(/C(N)=N/O)cc2C)n1. The predicted octanol–water partition coefficient (Wildman–Crippen LogP) is 3.15. The van der Waals surface area contributed by atoms with E-state index in [1.54, 1.807) is 23.1 Å². The highest BCUT2D eigenvalue weighted by molar-refractivity contribution is 8.00. The number of oxime groups is 1. The first-order valence-corrected chi connectivity index (χ1v) is 7.59. The molecule has 1 aromatic carbocycles. The van der Waals surface area contributed by atoms with Crippen molar-refractivity contribution in [2.45, 2.75) is 23.9 Å². The lowest BCUT2D eigenvalue weighted by Crippen LogP contribution is -2.13. The molecule has 0 atom stereocenters. The molecule has 0 saturated heterocycles. The van der Waals surface area contributed by atoms with Crippen LogP contribution in [0, 0.1) is 13.8 Å². The number of thiazole rings is 1. The summed E-state index contributed by atoms with van der Waals surface area (Å²) in [6, 6.07) is 5.80. The van der Waals surface area contributed by atoms with Gasteiger partial charge in [-0.25, -0.2) is 4.98 Å². The van der Waals surface area contributed by atoms with Crippen molar-refractivity contribution in [1.29, 1.82) is 0 Å². The Hall–Kier alpha value is -1.53. The summed E-state index contributed by atoms with van der Waals surface area (Å²) in [5, 5.41) is 13.7. The first kappa shape index (κ1) is 13.9. The van der Waals surface area contributed by atoms with Crippen LogP contribution < -0.4 is 5.73 Å². The van der Waals surface area contributed by atoms with Crippen molar-refractivity contribution in [3.05, 3.63) is 46.0 Å². The number of hydrogen-bond acceptors (Lipinski definition) is 5. The lowest BCUT2D eigenvalue weighted by molar-refractivity contribution is 0.318. The van der Waals surface area contributed by atoms with Gasteiger partial charge < -0.3 is 10.9 Å². The van der Waals surface area contributed by atoms with Crippen molar-refractivity contribution in [3.8, 4) is 0 Å². The molecule has 0 aliphatic carbocycles. The lowest BCUT2D eigenvalue weighted by atomic mass is 10.1. The number of aryl methyl sites for hydroxylation is 2. The Labute approximate surface area is 120 Å². The molecule has 2 rings (SSSR count). The maximum Gasteiger partial charge on any atom is 0.170 e. The number of nitrogens with zero attached hydrogens (tertiary/aromatic N) is 2. The van der Waals surface area contributed by atoms with Crippen LogP contribution in [-0.4, -0.2) is 16.0 Å². The van der Waals surface area contributed by atoms with Crippen LogP contribution in [0.1, 0.15) is 22.4 Å². The van der Waals surface area contributed by atoms with Gasteiger partial charge in [-0.2, -0.15) is 0 Å². The van der Waals surface area contributed by atoms with Gasteiger partial charge in [-0.15, -0.1) is 11.3 Å². The first-order chi connectivity index (χ1) is 9.10. The van der Waals surface area contributed by atoms with Crippen molar-refractivity contribution < 1.29 is 5.21 Å². The van der Waals surface area contributed by atoms with Crippen LogP contribution >= 0.6 is 23.1 Å². The fourth-order valence-electron chi connectivity index (χ4n) is 1.61. The van der Waals surface area contributed by atoms with Crippen LogP contribution in [0.2, 0.25) is 0 Å². The van der Waals surface area contributed by atoms with Gasteiger partial charge in [0.05, 0.1) is 0 Å². The van der Waals surface area contributed by atoms with Gasteiger partial charge in [0.15, 0.2) is 5.84 Å². The second-order valence-electron chi connectivity index (χ2n) is 4.17. The van der Waals surface area contributed by atoms with Crippen LogP contribution in [0.15, 0.2) is 33.1 Å². The summed E-state index contributed by atoms with van der Waals surface area (Å²) in [5.41, 5.74) is 9.72. The van der Waals surface area contributed by atoms with Crippen molar-refractivity contribution in [1.82, 2.24) is 4.98 Å². The van der Waals surface area contributed by atoms with Crippen molar-refractivity contribution in [2.75, 3.05) is 0 Å². The molecule has 0 spiro atoms. The molecule has 0 radical (unpaired) electrons. The second-order valence-corrected chi connectivity index (χ2v) is 6.25. The third kappa shape index (κ3) is 3.48. The zero-order valence-corrected chi connectivity index (χ0v) is 12.4. The largest absolute Gasteiger partial charge is 0.409 e. The van der Waals surface area contributed by atoms with Gasteiger partial charge in [0, 0.05) is 22.4 Å². The number of thioether (sulfide) groups is 1. The number of hydrogen-bond donors (Lipinski definition) is 2. The summed E-state index contributed by atoms with van der Waals surface area (Å²) in [6.45, 7) is 4.02. The number of aromatic nitrogens is 1. The number of nitrogens with two attached hydrogens (primary N) is 1. The van der Waals surface area contributed by atoms with Gasteiger partial charge in [-0.3, -0.25) is 0 Å². The van der Waals surface area contributed by atoms with E-state index in [4.69, 9.17) is 10.9 Å². The average Bonchev–Trinajstić information content (AvgIpc) is 2.82. The number of benzene rings is 1. The van der Waals surface area contributed by atoms with Crippen molar-refractivity contribution >= 4 is 28.9 Å². The van der Waals surface area contributed by atoms with Gasteiger partial charge in [0.2, 0.25) is 0 Å². The molecule has 6 heteroatoms. The molecule has 0 aliphatic heterocycles. The maximum absolute atomic E-state index is 8.65. The molecule has 0 saturated carbocycles. The van der Waals surface area contributed by atoms with E-state index in [0.717, 1.165) is 26.9 Å². The molecule has 0 unspecified atom stereocenters. The molecule has 2 aromatic rings. The Morgan fingerprint density at radius 1 is 1.47 bits per heavy atom. The number of amidine groups is 1. The molecule has 0 bridgehead atoms. The molecule has 1 aromatic heterocycles. The first-order valence-electron chi connectivity index (χ1n) is 5.72. The van der Waals surface area contributed by atoms with E-state index in [1.807, 2.05) is 32.0 Å². The highest BCUT2D eigenvalue weighted by Gasteiger charge is 2.06. The van der Waals surface area contributed by atoms with Gasteiger partial charge in [0.1, 0.15) is 4.34 Å². The zero-order chi connectivity index (χ0) is 13.8. The zero-order valence-electron chi connectivity index (χ0n) is 10.8. The topological polar surface area (TPSA) is 71.5 Å². The predicted molar refractivity (Wildman–Crippen MR) is 80.1 cm³/mol. The fraction of sp³-hybridized carbons (Fsp3) is 0.231. The van der Waals surface area contributed by atoms with Gasteiger partial charge in [0.25, 0.3) is 0 Å². The highest BCUT2D eigenvalue weighted by Crippen LogP contribution is 2.27. The molecular weight excluding hydrogens is 278 g/mol. The average molecular weight is 293 g/mol. The van der Waals surface area contributed by atoms with Crippen LogP contribution in [0.3, 0.4) is 0 Å². The molecule has 0 fully saturated rings. The van der Waals surface area contributed by atoms with Crippen molar-refractivity contribution in [3.63, 3.8) is 0 Å². The third-order valence-corrected chi connectivity index (χ3v) is 4.88. The molecule has 0 amide bonds. The van der Waals surface area contributed by atoms with Gasteiger partial charge in [-0.05, 0) is 31.0 Å². The Bertz CT molecular complexity index is 608. The Morgan fingerprint density at radius 2 is 2.26 bits per heavy atom. The monoisotopic (exact) mass is 293 g/mol. The normalized spacial score (nSPS) is 11.8. The lowest BCUT2D eigenvalue weighted by Gasteiger charge is -2.06. The summed E-state index contributed by atoms with van der Waals surface area (Å²) in [5.74, 6) is 1.01. The molecule has 4 nitrogen and oxygen atoms in total. The fourth-order valence-corrected chi connectivity index (χ4v) is 3.54. The summed E-state index contributed by atoms with van der Waals surface area (Å²) in [4.78, 5) is 4.42. The molecule has 3 N–H and O–H groups in total. The molecule has 100 valence electrons. The van der Waals surface area contributed by atoms with E-state index in [-0.39, 0.29) is 5.84 Å². The minimum Gasteiger partial charge on any atom is -0.409 e. The standard InChI is InChI=1S/C13H15N3OS2/c1-8-5-10(12(14)16-17)3-4-11(8)7-19-13-15-9(2)6-18-13/h3-6,17H,7H2,1-2H3,(H2,14,16). The van der Waals surface area contributed by atoms with Gasteiger partial charge >= 0.3 is 0 Å². The Kier molecular flexibility index (Phi) is 4.44. The van der Waals surface area contributed by atoms with Crippen LogP contribution in [-0.2, 0) is 5.75 Å². The minimum atomic E-state index is 0.137. The van der Waals surface area contributed by atoms with Crippen LogP contribution in [0.25, 0.3) is 0 Å². The molecule has 1 heterocycles. The Balaban J connectivity index is 2.09. The highest BCUT2D eigenvalue weighted by atomic mass is 32.2. The van der Waals surface area contributed by atoms with E-state index in [9.17, 15) is 0 Å². The van der Waals surface area contributed by atoms with E-state index in [1.165, 1.54) is 5.56 Å². The minimum absolute atomic E-state index is 0.137. The second kappa shape index (κ2) is 6.08. The summed E-state index contributed by atoms with van der Waals surface area (Å²) in [7, 11) is 0. The quantitative estimate of drug-likeness (QED) is 0.299. The van der Waals surface area contributed by atoms with E-state index in [0.29, 0.717) is 0 Å². The van der Waals surface area contributed by atoms with Gasteiger partial charge in [-0.1, -0.05) is 29.1 Å². The summed E-state index contributed by atoms with van der Waals surface area (Å²) in [6.07, 6.45) is 0. The summed E-state index contributed by atoms with van der Waals surface area (Å²) < 4.78 is 1.08. The van der Waals surface area contributed by atoms with E-state index >= 15 is 0 Å². The van der Waals surface area contributed by atoms with Crippen LogP contribution in [0.5, 0.6) is 0 Å².